The van der Waals surface area contributed by atoms with Gasteiger partial charge in [0.05, 0.1) is 0 Å². The summed E-state index contributed by atoms with van der Waals surface area (Å²) in [5.74, 6) is 0. The average molecular weight is 490 g/mol. The molecule has 0 aromatic carbocycles. The van der Waals surface area contributed by atoms with Crippen LogP contribution in [-0.2, 0) is 58.2 Å². The van der Waals surface area contributed by atoms with Crippen LogP contribution in [0.1, 0.15) is 75.7 Å². The summed E-state index contributed by atoms with van der Waals surface area (Å²) in [5.41, 5.74) is 6.86. The number of hydrogen-bond acceptors (Lipinski definition) is 3. The number of hydrogen-bond donors (Lipinski definition) is 0. The van der Waals surface area contributed by atoms with E-state index in [4.69, 9.17) is 15.3 Å². The van der Waals surface area contributed by atoms with Gasteiger partial charge < -0.3 is 0 Å². The zero-order valence-electron chi connectivity index (χ0n) is 21.0. The third-order valence-corrected chi connectivity index (χ3v) is 7.53. The van der Waals surface area contributed by atoms with Crippen molar-refractivity contribution in [1.29, 1.82) is 0 Å². The van der Waals surface area contributed by atoms with Crippen molar-refractivity contribution in [3.63, 3.8) is 0 Å². The van der Waals surface area contributed by atoms with Crippen LogP contribution in [0.15, 0.2) is 41.9 Å². The standard InChI is InChI=1S/C22H33N6.C4H5.Mn/c1-7-16-13-19(10-4)26(23-16)22(27-20(11-5)14-17(8-2)24-27)28-21(12-6)15-18(9-3)25-28;1-3-4-2;/h13-15H,7-12H2,1-6H3;1,3-4H,2H2;. The fraction of sp³-hybridized carbons (Fsp3) is 0.500. The number of aryl methyl sites for hydroxylation is 6. The molecule has 3 aromatic rings. The first-order chi connectivity index (χ1) is 16.0. The van der Waals surface area contributed by atoms with Gasteiger partial charge in [-0.3, -0.25) is 0 Å². The average Bonchev–Trinajstić information content (AvgIpc) is 3.58. The van der Waals surface area contributed by atoms with Crippen LogP contribution in [0.25, 0.3) is 0 Å². The molecule has 6 nitrogen and oxygen atoms in total. The van der Waals surface area contributed by atoms with Crippen molar-refractivity contribution in [2.45, 2.75) is 84.8 Å². The van der Waals surface area contributed by atoms with E-state index in [2.05, 4.69) is 85.3 Å². The van der Waals surface area contributed by atoms with Gasteiger partial charge in [-0.25, -0.2) is 0 Å². The Morgan fingerprint density at radius 2 is 1.06 bits per heavy atom. The molecular formula is C26H38MnN6. The topological polar surface area (TPSA) is 53.5 Å². The Morgan fingerprint density at radius 1 is 0.697 bits per heavy atom. The number of aromatic nitrogens is 6. The third-order valence-electron chi connectivity index (χ3n) is 5.90. The molecule has 0 radical (unpaired) electrons. The Morgan fingerprint density at radius 3 is 1.33 bits per heavy atom. The minimum absolute atomic E-state index is 0.283. The molecule has 0 atom stereocenters. The summed E-state index contributed by atoms with van der Waals surface area (Å²) in [7, 11) is 0. The molecule has 3 aromatic heterocycles. The van der Waals surface area contributed by atoms with Crippen molar-refractivity contribution in [2.75, 3.05) is 0 Å². The van der Waals surface area contributed by atoms with E-state index in [1.807, 2.05) is 12.2 Å². The summed E-state index contributed by atoms with van der Waals surface area (Å²) >= 11 is 0.283. The van der Waals surface area contributed by atoms with Crippen LogP contribution in [0, 0.1) is 0 Å². The summed E-state index contributed by atoms with van der Waals surface area (Å²) in [6.45, 7) is 17.0. The quantitative estimate of drug-likeness (QED) is 0.263. The van der Waals surface area contributed by atoms with Crippen molar-refractivity contribution in [3.8, 4) is 0 Å². The summed E-state index contributed by atoms with van der Waals surface area (Å²) in [6.07, 6.45) is 9.19. The molecule has 0 N–H and O–H groups in total. The van der Waals surface area contributed by atoms with Gasteiger partial charge in [-0.2, -0.15) is 0 Å². The van der Waals surface area contributed by atoms with Crippen LogP contribution >= 0.6 is 0 Å². The van der Waals surface area contributed by atoms with E-state index in [9.17, 15) is 0 Å². The zero-order chi connectivity index (χ0) is 24.0. The third kappa shape index (κ3) is 4.67. The molecule has 0 spiro atoms. The molecule has 0 saturated heterocycles. The molecule has 0 fully saturated rings. The van der Waals surface area contributed by atoms with Crippen LogP contribution in [0.4, 0.5) is 0 Å². The van der Waals surface area contributed by atoms with Gasteiger partial charge in [-0.15, -0.1) is 0 Å². The summed E-state index contributed by atoms with van der Waals surface area (Å²) in [5, 5.41) is 15.5. The molecule has 3 rings (SSSR count). The van der Waals surface area contributed by atoms with Gasteiger partial charge in [0.15, 0.2) is 0 Å². The van der Waals surface area contributed by atoms with Crippen molar-refractivity contribution in [2.24, 2.45) is 0 Å². The van der Waals surface area contributed by atoms with Crippen molar-refractivity contribution < 1.29 is 15.0 Å². The fourth-order valence-electron chi connectivity index (χ4n) is 4.02. The van der Waals surface area contributed by atoms with E-state index in [1.54, 1.807) is 0 Å². The molecule has 0 amide bonds. The molecule has 179 valence electrons. The summed E-state index contributed by atoms with van der Waals surface area (Å²) in [4.78, 5) is 2.20. The maximum absolute atomic E-state index is 5.17. The van der Waals surface area contributed by atoms with Gasteiger partial charge >= 0.3 is 205 Å². The zero-order valence-corrected chi connectivity index (χ0v) is 22.2. The second-order valence-electron chi connectivity index (χ2n) is 7.95. The summed E-state index contributed by atoms with van der Waals surface area (Å²) < 4.78 is 5.89. The molecule has 0 saturated carbocycles. The van der Waals surface area contributed by atoms with E-state index in [-0.39, 0.29) is 15.0 Å². The van der Waals surface area contributed by atoms with Gasteiger partial charge in [0.2, 0.25) is 0 Å². The first-order valence-corrected chi connectivity index (χ1v) is 13.5. The SMILES string of the molecule is C=CC=[CH][Mn][C](n1nc(CC)cc1CC)(n1nc(CC)cc1CC)n1nc(CC)cc1CC. The van der Waals surface area contributed by atoms with Crippen molar-refractivity contribution in [3.05, 3.63) is 76.1 Å². The molecule has 0 aliphatic heterocycles. The Balaban J connectivity index is 2.50. The van der Waals surface area contributed by atoms with E-state index in [0.717, 1.165) is 55.6 Å². The van der Waals surface area contributed by atoms with E-state index < -0.39 is 4.69 Å². The minimum atomic E-state index is -0.723. The van der Waals surface area contributed by atoms with Crippen LogP contribution < -0.4 is 0 Å². The molecular weight excluding hydrogens is 451 g/mol. The monoisotopic (exact) mass is 489 g/mol. The second kappa shape index (κ2) is 11.2. The second-order valence-corrected chi connectivity index (χ2v) is 9.48. The molecule has 3 heterocycles. The molecule has 0 bridgehead atoms. The molecule has 33 heavy (non-hydrogen) atoms. The molecule has 0 aliphatic carbocycles. The van der Waals surface area contributed by atoms with Crippen molar-refractivity contribution in [1.82, 2.24) is 29.3 Å². The normalized spacial score (nSPS) is 12.2. The first-order valence-electron chi connectivity index (χ1n) is 12.2. The predicted octanol–water partition coefficient (Wildman–Crippen LogP) is 5.10. The number of rotatable bonds is 12. The molecule has 0 aliphatic rings. The Hall–Kier alpha value is -2.37. The van der Waals surface area contributed by atoms with E-state index >= 15 is 0 Å². The predicted molar refractivity (Wildman–Crippen MR) is 131 cm³/mol. The van der Waals surface area contributed by atoms with Gasteiger partial charge in [0.1, 0.15) is 0 Å². The van der Waals surface area contributed by atoms with E-state index in [0.29, 0.717) is 0 Å². The maximum atomic E-state index is 5.17. The van der Waals surface area contributed by atoms with Gasteiger partial charge in [0, 0.05) is 0 Å². The van der Waals surface area contributed by atoms with Gasteiger partial charge in [0.25, 0.3) is 0 Å². The Bertz CT molecular complexity index is 978. The van der Waals surface area contributed by atoms with Crippen LogP contribution in [0.2, 0.25) is 0 Å². The fourth-order valence-corrected chi connectivity index (χ4v) is 5.67. The van der Waals surface area contributed by atoms with E-state index in [1.165, 1.54) is 17.1 Å². The van der Waals surface area contributed by atoms with Crippen LogP contribution in [-0.4, -0.2) is 29.3 Å². The number of nitrogens with zero attached hydrogens (tertiary/aromatic N) is 6. The van der Waals surface area contributed by atoms with Gasteiger partial charge in [-0.05, 0) is 0 Å². The Labute approximate surface area is 204 Å². The summed E-state index contributed by atoms with van der Waals surface area (Å²) in [6, 6.07) is 6.72. The first kappa shape index (κ1) is 25.3. The molecule has 0 unspecified atom stereocenters. The number of allylic oxidation sites excluding steroid dienone is 2. The van der Waals surface area contributed by atoms with Crippen LogP contribution in [0.5, 0.6) is 0 Å². The van der Waals surface area contributed by atoms with Crippen LogP contribution in [0.3, 0.4) is 0 Å². The van der Waals surface area contributed by atoms with Gasteiger partial charge in [-0.1, -0.05) is 0 Å². The van der Waals surface area contributed by atoms with Crippen molar-refractivity contribution >= 4 is 0 Å². The molecule has 7 heteroatoms. The Kier molecular flexibility index (Phi) is 8.55.